The Morgan fingerprint density at radius 3 is 2.50 bits per heavy atom. The van der Waals surface area contributed by atoms with E-state index in [1.54, 1.807) is 24.4 Å². The summed E-state index contributed by atoms with van der Waals surface area (Å²) in [6.45, 7) is 1.17. The number of piperidine rings is 1. The molecule has 0 aliphatic carbocycles. The Morgan fingerprint density at radius 1 is 1.08 bits per heavy atom. The number of nitrogens with zero attached hydrogens (tertiary/aromatic N) is 3. The van der Waals surface area contributed by atoms with Gasteiger partial charge >= 0.3 is 6.18 Å². The standard InChI is InChI=1S/C27H24F3N5O3/c1-38-23-7-6-21-24(34-23)20(15-32-21)26(37)35-12-9-17(10-13-35)16-2-4-19(5-3-16)33-25(36)22-14-18(8-11-31-22)27(28,29)30/h2-8,11,14-15,17,32H,9-10,12-13H2,1H3,(H,33,36). The normalized spacial score (nSPS) is 14.5. The summed E-state index contributed by atoms with van der Waals surface area (Å²) in [5.41, 5.74) is 2.11. The topological polar surface area (TPSA) is 100 Å². The maximum Gasteiger partial charge on any atom is 0.416 e. The van der Waals surface area contributed by atoms with Crippen LogP contribution in [0.5, 0.6) is 5.88 Å². The molecular weight excluding hydrogens is 499 g/mol. The molecule has 1 aromatic carbocycles. The van der Waals surface area contributed by atoms with Gasteiger partial charge in [-0.2, -0.15) is 13.2 Å². The average molecular weight is 524 g/mol. The number of ether oxygens (including phenoxy) is 1. The van der Waals surface area contributed by atoms with Crippen molar-refractivity contribution in [1.82, 2.24) is 19.9 Å². The fourth-order valence-corrected chi connectivity index (χ4v) is 4.61. The lowest BCUT2D eigenvalue weighted by molar-refractivity contribution is -0.137. The van der Waals surface area contributed by atoms with E-state index in [4.69, 9.17) is 4.74 Å². The largest absolute Gasteiger partial charge is 0.481 e. The molecule has 196 valence electrons. The van der Waals surface area contributed by atoms with Crippen molar-refractivity contribution >= 4 is 28.5 Å². The van der Waals surface area contributed by atoms with Crippen LogP contribution >= 0.6 is 0 Å². The first-order valence-electron chi connectivity index (χ1n) is 12.0. The van der Waals surface area contributed by atoms with Crippen molar-refractivity contribution in [2.45, 2.75) is 24.9 Å². The first kappa shape index (κ1) is 25.2. The number of nitrogens with one attached hydrogen (secondary N) is 2. The molecule has 0 unspecified atom stereocenters. The minimum Gasteiger partial charge on any atom is -0.481 e. The van der Waals surface area contributed by atoms with Crippen molar-refractivity contribution in [2.24, 2.45) is 0 Å². The van der Waals surface area contributed by atoms with Gasteiger partial charge in [-0.3, -0.25) is 14.6 Å². The molecule has 4 aromatic rings. The second-order valence-electron chi connectivity index (χ2n) is 9.02. The number of carbonyl (C=O) groups excluding carboxylic acids is 2. The van der Waals surface area contributed by atoms with Crippen LogP contribution in [-0.4, -0.2) is 51.9 Å². The van der Waals surface area contributed by atoms with E-state index < -0.39 is 17.6 Å². The van der Waals surface area contributed by atoms with Gasteiger partial charge in [-0.05, 0) is 54.7 Å². The third kappa shape index (κ3) is 5.17. The van der Waals surface area contributed by atoms with Crippen molar-refractivity contribution in [3.63, 3.8) is 0 Å². The minimum atomic E-state index is -4.56. The van der Waals surface area contributed by atoms with Crippen molar-refractivity contribution in [2.75, 3.05) is 25.5 Å². The zero-order valence-electron chi connectivity index (χ0n) is 20.4. The number of carbonyl (C=O) groups is 2. The van der Waals surface area contributed by atoms with E-state index in [1.165, 1.54) is 7.11 Å². The summed E-state index contributed by atoms with van der Waals surface area (Å²) in [5, 5.41) is 2.59. The molecular formula is C27H24F3N5O3. The highest BCUT2D eigenvalue weighted by Gasteiger charge is 2.31. The SMILES string of the molecule is COc1ccc2[nH]cc(C(=O)N3CCC(c4ccc(NC(=O)c5cc(C(F)(F)F)ccn5)cc4)CC3)c2n1. The van der Waals surface area contributed by atoms with Crippen LogP contribution in [0.1, 0.15) is 50.7 Å². The average Bonchev–Trinajstić information content (AvgIpc) is 3.36. The van der Waals surface area contributed by atoms with E-state index in [9.17, 15) is 22.8 Å². The highest BCUT2D eigenvalue weighted by molar-refractivity contribution is 6.05. The summed E-state index contributed by atoms with van der Waals surface area (Å²) in [5.74, 6) is -0.137. The van der Waals surface area contributed by atoms with Crippen LogP contribution in [0.4, 0.5) is 18.9 Å². The van der Waals surface area contributed by atoms with E-state index in [-0.39, 0.29) is 17.5 Å². The van der Waals surface area contributed by atoms with Gasteiger partial charge in [0.1, 0.15) is 11.2 Å². The molecule has 2 amide bonds. The Bertz CT molecular complexity index is 1480. The van der Waals surface area contributed by atoms with Crippen LogP contribution in [0.25, 0.3) is 11.0 Å². The number of fused-ring (bicyclic) bond motifs is 1. The van der Waals surface area contributed by atoms with Crippen LogP contribution in [0.3, 0.4) is 0 Å². The molecule has 38 heavy (non-hydrogen) atoms. The number of methoxy groups -OCH3 is 1. The van der Waals surface area contributed by atoms with Gasteiger partial charge in [-0.1, -0.05) is 12.1 Å². The zero-order valence-corrected chi connectivity index (χ0v) is 20.4. The van der Waals surface area contributed by atoms with Crippen LogP contribution < -0.4 is 10.1 Å². The molecule has 0 atom stereocenters. The van der Waals surface area contributed by atoms with Gasteiger partial charge < -0.3 is 19.9 Å². The Balaban J connectivity index is 1.20. The molecule has 0 radical (unpaired) electrons. The smallest absolute Gasteiger partial charge is 0.416 e. The van der Waals surface area contributed by atoms with Gasteiger partial charge in [-0.15, -0.1) is 0 Å². The Kier molecular flexibility index (Phi) is 6.75. The third-order valence-corrected chi connectivity index (χ3v) is 6.68. The fourth-order valence-electron chi connectivity index (χ4n) is 4.61. The maximum absolute atomic E-state index is 13.2. The Hall–Kier alpha value is -4.41. The molecule has 3 aromatic heterocycles. The molecule has 4 heterocycles. The number of aromatic nitrogens is 3. The van der Waals surface area contributed by atoms with Crippen molar-refractivity contribution in [3.8, 4) is 5.88 Å². The number of hydrogen-bond acceptors (Lipinski definition) is 5. The number of alkyl halides is 3. The molecule has 1 aliphatic rings. The fraction of sp³-hybridized carbons (Fsp3) is 0.259. The molecule has 1 fully saturated rings. The summed E-state index contributed by atoms with van der Waals surface area (Å²) in [6.07, 6.45) is -0.383. The number of amides is 2. The number of likely N-dealkylation sites (tertiary alicyclic amines) is 1. The number of hydrogen-bond donors (Lipinski definition) is 2. The molecule has 1 aliphatic heterocycles. The second-order valence-corrected chi connectivity index (χ2v) is 9.02. The number of aromatic amines is 1. The number of H-pyrrole nitrogens is 1. The lowest BCUT2D eigenvalue weighted by Gasteiger charge is -2.32. The molecule has 0 saturated carbocycles. The maximum atomic E-state index is 13.2. The first-order chi connectivity index (χ1) is 18.2. The molecule has 2 N–H and O–H groups in total. The van der Waals surface area contributed by atoms with Crippen LogP contribution in [-0.2, 0) is 6.18 Å². The van der Waals surface area contributed by atoms with Crippen LogP contribution in [0, 0.1) is 0 Å². The Morgan fingerprint density at radius 2 is 1.82 bits per heavy atom. The van der Waals surface area contributed by atoms with Gasteiger partial charge in [0.05, 0.1) is 23.8 Å². The summed E-state index contributed by atoms with van der Waals surface area (Å²) >= 11 is 0. The van der Waals surface area contributed by atoms with Gasteiger partial charge in [0.15, 0.2) is 0 Å². The molecule has 5 rings (SSSR count). The van der Waals surface area contributed by atoms with E-state index in [0.29, 0.717) is 35.7 Å². The summed E-state index contributed by atoms with van der Waals surface area (Å²) in [7, 11) is 1.53. The van der Waals surface area contributed by atoms with Gasteiger partial charge in [0, 0.05) is 37.2 Å². The third-order valence-electron chi connectivity index (χ3n) is 6.68. The van der Waals surface area contributed by atoms with Gasteiger partial charge in [0.25, 0.3) is 11.8 Å². The number of halogens is 3. The van der Waals surface area contributed by atoms with Crippen LogP contribution in [0.2, 0.25) is 0 Å². The molecule has 0 spiro atoms. The van der Waals surface area contributed by atoms with E-state index in [0.717, 1.165) is 42.3 Å². The lowest BCUT2D eigenvalue weighted by Crippen LogP contribution is -2.37. The quantitative estimate of drug-likeness (QED) is 0.372. The highest BCUT2D eigenvalue weighted by atomic mass is 19.4. The van der Waals surface area contributed by atoms with Crippen LogP contribution in [0.15, 0.2) is 60.9 Å². The van der Waals surface area contributed by atoms with Crippen molar-refractivity contribution in [1.29, 1.82) is 0 Å². The number of pyridine rings is 2. The predicted octanol–water partition coefficient (Wildman–Crippen LogP) is 5.26. The molecule has 0 bridgehead atoms. The molecule has 1 saturated heterocycles. The van der Waals surface area contributed by atoms with E-state index in [2.05, 4.69) is 20.3 Å². The predicted molar refractivity (Wildman–Crippen MR) is 134 cm³/mol. The first-order valence-corrected chi connectivity index (χ1v) is 12.0. The van der Waals surface area contributed by atoms with E-state index in [1.807, 2.05) is 23.1 Å². The van der Waals surface area contributed by atoms with Gasteiger partial charge in [0.2, 0.25) is 5.88 Å². The molecule has 11 heteroatoms. The minimum absolute atomic E-state index is 0.0864. The summed E-state index contributed by atoms with van der Waals surface area (Å²) in [4.78, 5) is 38.6. The summed E-state index contributed by atoms with van der Waals surface area (Å²) < 4.78 is 43.9. The van der Waals surface area contributed by atoms with Crippen molar-refractivity contribution < 1.29 is 27.5 Å². The highest BCUT2D eigenvalue weighted by Crippen LogP contribution is 2.31. The number of anilines is 1. The zero-order chi connectivity index (χ0) is 26.9. The Labute approximate surface area is 215 Å². The van der Waals surface area contributed by atoms with Gasteiger partial charge in [-0.25, -0.2) is 4.98 Å². The monoisotopic (exact) mass is 523 g/mol. The lowest BCUT2D eigenvalue weighted by atomic mass is 9.89. The second kappa shape index (κ2) is 10.2. The number of rotatable bonds is 5. The van der Waals surface area contributed by atoms with E-state index >= 15 is 0 Å². The number of benzene rings is 1. The van der Waals surface area contributed by atoms with Crippen molar-refractivity contribution in [3.05, 3.63) is 83.3 Å². The summed E-state index contributed by atoms with van der Waals surface area (Å²) in [6, 6.07) is 12.3. The molecule has 8 nitrogen and oxygen atoms in total.